The first-order valence-corrected chi connectivity index (χ1v) is 9.68. The molecule has 4 amide bonds. The summed E-state index contributed by atoms with van der Waals surface area (Å²) in [4.78, 5) is 42.8. The fraction of sp³-hybridized carbons (Fsp3) is 0.238. The van der Waals surface area contributed by atoms with Crippen molar-refractivity contribution in [2.75, 3.05) is 11.9 Å². The summed E-state index contributed by atoms with van der Waals surface area (Å²) in [6, 6.07) is 9.24. The molecule has 1 fully saturated rings. The zero-order valence-electron chi connectivity index (χ0n) is 16.2. The number of urea groups is 1. The summed E-state index contributed by atoms with van der Waals surface area (Å²) in [6.07, 6.45) is 6.17. The molecule has 1 aliphatic rings. The van der Waals surface area contributed by atoms with Crippen LogP contribution in [0.1, 0.15) is 18.4 Å². The highest BCUT2D eigenvalue weighted by Crippen LogP contribution is 2.27. The van der Waals surface area contributed by atoms with Crippen molar-refractivity contribution in [3.8, 4) is 0 Å². The van der Waals surface area contributed by atoms with Gasteiger partial charge < -0.3 is 21.3 Å². The van der Waals surface area contributed by atoms with Crippen molar-refractivity contribution in [1.82, 2.24) is 19.8 Å². The maximum atomic E-state index is 12.9. The third kappa shape index (κ3) is 3.82. The standard InChI is InChI=1S/C21H22N6O3/c22-20(29)27-13-16(15-4-1-2-5-17(15)27)25-21(30)26-11-3-6-18(26)19(28)24-12-14-7-9-23-10-8-14/h1-2,4-5,7-10,13,18H,3,6,11-12H2,(H2,22,29)(H,24,28)(H,25,30)/t18-/m0/s1. The average molecular weight is 406 g/mol. The van der Waals surface area contributed by atoms with Crippen molar-refractivity contribution in [3.05, 3.63) is 60.6 Å². The Kier molecular flexibility index (Phi) is 5.34. The molecule has 1 atom stereocenters. The van der Waals surface area contributed by atoms with Crippen LogP contribution in [0, 0.1) is 0 Å². The number of amides is 4. The topological polar surface area (TPSA) is 122 Å². The molecule has 2 aromatic heterocycles. The predicted molar refractivity (Wildman–Crippen MR) is 112 cm³/mol. The summed E-state index contributed by atoms with van der Waals surface area (Å²) < 4.78 is 1.29. The zero-order valence-corrected chi connectivity index (χ0v) is 16.2. The highest BCUT2D eigenvalue weighted by atomic mass is 16.2. The van der Waals surface area contributed by atoms with Crippen LogP contribution in [0.2, 0.25) is 0 Å². The van der Waals surface area contributed by atoms with Gasteiger partial charge in [-0.05, 0) is 36.6 Å². The van der Waals surface area contributed by atoms with Crippen molar-refractivity contribution in [2.24, 2.45) is 5.73 Å². The monoisotopic (exact) mass is 406 g/mol. The molecule has 1 aromatic carbocycles. The molecule has 9 nitrogen and oxygen atoms in total. The molecule has 3 heterocycles. The van der Waals surface area contributed by atoms with Crippen LogP contribution in [0.15, 0.2) is 55.0 Å². The van der Waals surface area contributed by atoms with E-state index in [1.807, 2.05) is 18.2 Å². The smallest absolute Gasteiger partial charge is 0.323 e. The van der Waals surface area contributed by atoms with Crippen LogP contribution < -0.4 is 16.4 Å². The number of fused-ring (bicyclic) bond motifs is 1. The van der Waals surface area contributed by atoms with Crippen LogP contribution in [-0.2, 0) is 11.3 Å². The van der Waals surface area contributed by atoms with Crippen molar-refractivity contribution < 1.29 is 14.4 Å². The molecule has 0 unspecified atom stereocenters. The molecule has 30 heavy (non-hydrogen) atoms. The Morgan fingerprint density at radius 1 is 1.13 bits per heavy atom. The van der Waals surface area contributed by atoms with Crippen molar-refractivity contribution >= 4 is 34.6 Å². The minimum absolute atomic E-state index is 0.195. The van der Waals surface area contributed by atoms with Crippen LogP contribution in [0.4, 0.5) is 15.3 Å². The van der Waals surface area contributed by atoms with Crippen LogP contribution in [0.25, 0.3) is 10.9 Å². The van der Waals surface area contributed by atoms with E-state index < -0.39 is 12.1 Å². The summed E-state index contributed by atoms with van der Waals surface area (Å²) in [6.45, 7) is 0.854. The molecule has 9 heteroatoms. The third-order valence-electron chi connectivity index (χ3n) is 5.22. The number of benzene rings is 1. The Morgan fingerprint density at radius 2 is 1.90 bits per heavy atom. The molecular formula is C21H22N6O3. The molecule has 154 valence electrons. The van der Waals surface area contributed by atoms with E-state index >= 15 is 0 Å². The molecule has 4 rings (SSSR count). The molecule has 3 aromatic rings. The van der Waals surface area contributed by atoms with Crippen LogP contribution >= 0.6 is 0 Å². The highest BCUT2D eigenvalue weighted by molar-refractivity contribution is 6.05. The van der Waals surface area contributed by atoms with Gasteiger partial charge in [0.1, 0.15) is 6.04 Å². The van der Waals surface area contributed by atoms with E-state index in [1.165, 1.54) is 15.7 Å². The second kappa shape index (κ2) is 8.24. The molecule has 4 N–H and O–H groups in total. The fourth-order valence-electron chi connectivity index (χ4n) is 3.74. The first-order chi connectivity index (χ1) is 14.5. The van der Waals surface area contributed by atoms with Gasteiger partial charge >= 0.3 is 12.1 Å². The molecule has 0 aliphatic carbocycles. The maximum absolute atomic E-state index is 12.9. The molecule has 1 aliphatic heterocycles. The van der Waals surface area contributed by atoms with Gasteiger partial charge in [0.05, 0.1) is 11.2 Å². The lowest BCUT2D eigenvalue weighted by atomic mass is 10.2. The quantitative estimate of drug-likeness (QED) is 0.615. The van der Waals surface area contributed by atoms with E-state index in [2.05, 4.69) is 15.6 Å². The van der Waals surface area contributed by atoms with E-state index in [-0.39, 0.29) is 11.9 Å². The molecule has 1 saturated heterocycles. The Bertz CT molecular complexity index is 1090. The SMILES string of the molecule is NC(=O)n1cc(NC(=O)N2CCC[C@H]2C(=O)NCc2ccncc2)c2ccccc21. The summed E-state index contributed by atoms with van der Waals surface area (Å²) in [7, 11) is 0. The van der Waals surface area contributed by atoms with Gasteiger partial charge in [0, 0.05) is 37.1 Å². The molecular weight excluding hydrogens is 384 g/mol. The number of para-hydroxylation sites is 1. The minimum atomic E-state index is -0.638. The number of carbonyl (C=O) groups excluding carboxylic acids is 3. The number of nitrogens with zero attached hydrogens (tertiary/aromatic N) is 3. The van der Waals surface area contributed by atoms with Gasteiger partial charge in [-0.1, -0.05) is 18.2 Å². The van der Waals surface area contributed by atoms with Crippen LogP contribution in [-0.4, -0.2) is 45.0 Å². The Balaban J connectivity index is 1.47. The number of nitrogens with two attached hydrogens (primary N) is 1. The number of anilines is 1. The maximum Gasteiger partial charge on any atom is 0.323 e. The molecule has 0 spiro atoms. The number of rotatable bonds is 4. The van der Waals surface area contributed by atoms with Crippen LogP contribution in [0.3, 0.4) is 0 Å². The lowest BCUT2D eigenvalue weighted by Gasteiger charge is -2.24. The average Bonchev–Trinajstić information content (AvgIpc) is 3.38. The largest absolute Gasteiger partial charge is 0.351 e. The van der Waals surface area contributed by atoms with Crippen molar-refractivity contribution in [1.29, 1.82) is 0 Å². The number of pyridine rings is 1. The van der Waals surface area contributed by atoms with E-state index in [4.69, 9.17) is 5.73 Å². The van der Waals surface area contributed by atoms with E-state index in [0.717, 1.165) is 12.0 Å². The second-order valence-electron chi connectivity index (χ2n) is 7.12. The summed E-state index contributed by atoms with van der Waals surface area (Å²) in [5.74, 6) is -0.195. The van der Waals surface area contributed by atoms with Gasteiger partial charge in [0.25, 0.3) is 0 Å². The number of aromatic nitrogens is 2. The highest BCUT2D eigenvalue weighted by Gasteiger charge is 2.34. The first kappa shape index (κ1) is 19.4. The third-order valence-corrected chi connectivity index (χ3v) is 5.22. The zero-order chi connectivity index (χ0) is 21.1. The molecule has 0 bridgehead atoms. The lowest BCUT2D eigenvalue weighted by molar-refractivity contribution is -0.124. The summed E-state index contributed by atoms with van der Waals surface area (Å²) in [5, 5.41) is 6.41. The Morgan fingerprint density at radius 3 is 2.67 bits per heavy atom. The van der Waals surface area contributed by atoms with Gasteiger partial charge in [0.15, 0.2) is 0 Å². The van der Waals surface area contributed by atoms with Crippen molar-refractivity contribution in [3.63, 3.8) is 0 Å². The number of primary amides is 1. The van der Waals surface area contributed by atoms with Gasteiger partial charge in [-0.2, -0.15) is 0 Å². The van der Waals surface area contributed by atoms with E-state index in [0.29, 0.717) is 36.1 Å². The Labute approximate surface area is 172 Å². The lowest BCUT2D eigenvalue weighted by Crippen LogP contribution is -2.47. The molecule has 0 saturated carbocycles. The van der Waals surface area contributed by atoms with Gasteiger partial charge in [-0.15, -0.1) is 0 Å². The number of carbonyl (C=O) groups is 3. The van der Waals surface area contributed by atoms with Gasteiger partial charge in [-0.25, -0.2) is 9.59 Å². The predicted octanol–water partition coefficient (Wildman–Crippen LogP) is 2.28. The number of hydrogen-bond acceptors (Lipinski definition) is 4. The fourth-order valence-corrected chi connectivity index (χ4v) is 3.74. The van der Waals surface area contributed by atoms with E-state index in [1.54, 1.807) is 30.6 Å². The Hall–Kier alpha value is -3.88. The van der Waals surface area contributed by atoms with Gasteiger partial charge in [0.2, 0.25) is 5.91 Å². The van der Waals surface area contributed by atoms with Gasteiger partial charge in [-0.3, -0.25) is 14.3 Å². The number of hydrogen-bond donors (Lipinski definition) is 3. The summed E-state index contributed by atoms with van der Waals surface area (Å²) >= 11 is 0. The molecule has 0 radical (unpaired) electrons. The number of likely N-dealkylation sites (tertiary alicyclic amines) is 1. The first-order valence-electron chi connectivity index (χ1n) is 9.68. The second-order valence-corrected chi connectivity index (χ2v) is 7.12. The minimum Gasteiger partial charge on any atom is -0.351 e. The van der Waals surface area contributed by atoms with Crippen LogP contribution in [0.5, 0.6) is 0 Å². The van der Waals surface area contributed by atoms with Crippen molar-refractivity contribution in [2.45, 2.75) is 25.4 Å². The number of nitrogens with one attached hydrogen (secondary N) is 2. The normalized spacial score (nSPS) is 15.9. The summed E-state index contributed by atoms with van der Waals surface area (Å²) in [5.41, 5.74) is 7.44. The van der Waals surface area contributed by atoms with E-state index in [9.17, 15) is 14.4 Å².